The number of amides is 4. The number of rotatable bonds is 8. The second-order valence-corrected chi connectivity index (χ2v) is 7.46. The highest BCUT2D eigenvalue weighted by atomic mass is 16.7. The molecule has 1 aliphatic heterocycles. The number of imide groups is 1. The molecule has 0 saturated heterocycles. The van der Waals surface area contributed by atoms with Crippen LogP contribution >= 0.6 is 0 Å². The Balaban J connectivity index is 1.27. The number of fused-ring (bicyclic) bond motifs is 1. The largest absolute Gasteiger partial charge is 0.338 e. The first-order valence-electron chi connectivity index (χ1n) is 10.3. The summed E-state index contributed by atoms with van der Waals surface area (Å²) in [6.07, 6.45) is 7.78. The lowest BCUT2D eigenvalue weighted by molar-refractivity contribution is -0.168. The molecular weight excluding hydrogens is 374 g/mol. The number of carbonyl (C=O) groups is 4. The summed E-state index contributed by atoms with van der Waals surface area (Å²) in [6.45, 7) is 0.534. The van der Waals surface area contributed by atoms with Crippen LogP contribution in [-0.2, 0) is 9.63 Å². The standard InChI is InChI=1S/C21H27N3O5/c25-18(29-24-19(26)16-11-6-7-12-17(16)20(24)27)13-5-2-8-14-22-21(28)23-15-9-3-1-4-10-15/h6-7,11-12,15H,1-5,8-10,13-14H2,(H2,22,23,28). The van der Waals surface area contributed by atoms with Crippen LogP contribution in [0.2, 0.25) is 0 Å². The molecule has 1 aromatic rings. The zero-order valence-electron chi connectivity index (χ0n) is 16.4. The Kier molecular flexibility index (Phi) is 7.21. The van der Waals surface area contributed by atoms with E-state index < -0.39 is 17.8 Å². The summed E-state index contributed by atoms with van der Waals surface area (Å²) in [4.78, 5) is 53.0. The van der Waals surface area contributed by atoms with Crippen molar-refractivity contribution in [2.75, 3.05) is 6.54 Å². The molecule has 156 valence electrons. The van der Waals surface area contributed by atoms with Gasteiger partial charge in [-0.15, -0.1) is 0 Å². The van der Waals surface area contributed by atoms with Crippen molar-refractivity contribution in [3.8, 4) is 0 Å². The van der Waals surface area contributed by atoms with Gasteiger partial charge in [-0.1, -0.05) is 42.9 Å². The topological polar surface area (TPSA) is 105 Å². The molecule has 1 heterocycles. The number of hydrogen-bond donors (Lipinski definition) is 2. The third kappa shape index (κ3) is 5.56. The average molecular weight is 401 g/mol. The zero-order chi connectivity index (χ0) is 20.6. The number of nitrogens with zero attached hydrogens (tertiary/aromatic N) is 1. The summed E-state index contributed by atoms with van der Waals surface area (Å²) in [7, 11) is 0. The Morgan fingerprint density at radius 2 is 1.62 bits per heavy atom. The van der Waals surface area contributed by atoms with E-state index in [0.29, 0.717) is 18.0 Å². The van der Waals surface area contributed by atoms with E-state index >= 15 is 0 Å². The minimum absolute atomic E-state index is 0.0989. The monoisotopic (exact) mass is 401 g/mol. The zero-order valence-corrected chi connectivity index (χ0v) is 16.4. The Morgan fingerprint density at radius 1 is 0.966 bits per heavy atom. The quantitative estimate of drug-likeness (QED) is 0.515. The van der Waals surface area contributed by atoms with Crippen LogP contribution in [0.25, 0.3) is 0 Å². The van der Waals surface area contributed by atoms with Crippen LogP contribution < -0.4 is 10.6 Å². The lowest BCUT2D eigenvalue weighted by Crippen LogP contribution is -2.43. The molecule has 0 atom stereocenters. The molecule has 1 saturated carbocycles. The molecule has 2 N–H and O–H groups in total. The van der Waals surface area contributed by atoms with Gasteiger partial charge in [0.15, 0.2) is 0 Å². The van der Waals surface area contributed by atoms with Crippen LogP contribution in [0.5, 0.6) is 0 Å². The van der Waals surface area contributed by atoms with Crippen molar-refractivity contribution in [3.05, 3.63) is 35.4 Å². The molecule has 8 nitrogen and oxygen atoms in total. The van der Waals surface area contributed by atoms with Crippen LogP contribution in [0, 0.1) is 0 Å². The van der Waals surface area contributed by atoms with Crippen molar-refractivity contribution in [1.29, 1.82) is 0 Å². The number of hydrogen-bond acceptors (Lipinski definition) is 5. The molecule has 0 radical (unpaired) electrons. The minimum Gasteiger partial charge on any atom is -0.338 e. The first kappa shape index (κ1) is 20.8. The van der Waals surface area contributed by atoms with E-state index in [9.17, 15) is 19.2 Å². The smallest absolute Gasteiger partial charge is 0.333 e. The van der Waals surface area contributed by atoms with Gasteiger partial charge in [0, 0.05) is 19.0 Å². The molecule has 0 aromatic heterocycles. The fourth-order valence-corrected chi connectivity index (χ4v) is 3.65. The Labute approximate surface area is 169 Å². The number of hydroxylamine groups is 2. The lowest BCUT2D eigenvalue weighted by atomic mass is 9.96. The molecule has 0 spiro atoms. The number of unbranched alkanes of at least 4 members (excludes halogenated alkanes) is 2. The van der Waals surface area contributed by atoms with Crippen molar-refractivity contribution in [3.63, 3.8) is 0 Å². The Morgan fingerprint density at radius 3 is 2.28 bits per heavy atom. The first-order chi connectivity index (χ1) is 14.1. The van der Waals surface area contributed by atoms with Crippen LogP contribution in [-0.4, -0.2) is 41.5 Å². The van der Waals surface area contributed by atoms with Crippen molar-refractivity contribution in [2.45, 2.75) is 63.8 Å². The normalized spacial score (nSPS) is 16.5. The second-order valence-electron chi connectivity index (χ2n) is 7.46. The van der Waals surface area contributed by atoms with Gasteiger partial charge in [-0.3, -0.25) is 9.59 Å². The molecule has 8 heteroatoms. The van der Waals surface area contributed by atoms with Crippen molar-refractivity contribution >= 4 is 23.8 Å². The summed E-state index contributed by atoms with van der Waals surface area (Å²) >= 11 is 0. The summed E-state index contributed by atoms with van der Waals surface area (Å²) in [5.41, 5.74) is 0.478. The summed E-state index contributed by atoms with van der Waals surface area (Å²) in [5.74, 6) is -1.86. The third-order valence-electron chi connectivity index (χ3n) is 5.23. The SMILES string of the molecule is O=C(NCCCCCC(=O)ON1C(=O)c2ccccc2C1=O)NC1CCCCC1. The minimum atomic E-state index is -0.623. The Hall–Kier alpha value is -2.90. The molecule has 0 bridgehead atoms. The molecule has 3 rings (SSSR count). The fourth-order valence-electron chi connectivity index (χ4n) is 3.65. The highest BCUT2D eigenvalue weighted by molar-refractivity contribution is 6.20. The van der Waals surface area contributed by atoms with E-state index in [-0.39, 0.29) is 29.6 Å². The molecule has 0 unspecified atom stereocenters. The van der Waals surface area contributed by atoms with Gasteiger partial charge in [-0.25, -0.2) is 9.59 Å². The number of urea groups is 1. The van der Waals surface area contributed by atoms with Crippen molar-refractivity contribution in [1.82, 2.24) is 15.7 Å². The molecule has 1 fully saturated rings. The van der Waals surface area contributed by atoms with Gasteiger partial charge >= 0.3 is 12.0 Å². The van der Waals surface area contributed by atoms with Crippen LogP contribution in [0.15, 0.2) is 24.3 Å². The summed E-state index contributed by atoms with van der Waals surface area (Å²) in [6, 6.07) is 6.50. The first-order valence-corrected chi connectivity index (χ1v) is 10.3. The average Bonchev–Trinajstić information content (AvgIpc) is 2.96. The molecule has 1 aromatic carbocycles. The lowest BCUT2D eigenvalue weighted by Gasteiger charge is -2.22. The molecular formula is C21H27N3O5. The highest BCUT2D eigenvalue weighted by Crippen LogP contribution is 2.23. The van der Waals surface area contributed by atoms with E-state index in [4.69, 9.17) is 4.84 Å². The maximum Gasteiger partial charge on any atom is 0.333 e. The maximum absolute atomic E-state index is 12.1. The van der Waals surface area contributed by atoms with Gasteiger partial charge in [-0.05, 0) is 37.8 Å². The van der Waals surface area contributed by atoms with E-state index in [1.165, 1.54) is 31.4 Å². The van der Waals surface area contributed by atoms with Gasteiger partial charge < -0.3 is 15.5 Å². The van der Waals surface area contributed by atoms with Crippen LogP contribution in [0.1, 0.15) is 78.5 Å². The fraction of sp³-hybridized carbons (Fsp3) is 0.524. The van der Waals surface area contributed by atoms with Crippen molar-refractivity contribution in [2.24, 2.45) is 0 Å². The predicted octanol–water partition coefficient (Wildman–Crippen LogP) is 2.93. The molecule has 29 heavy (non-hydrogen) atoms. The molecule has 2 aliphatic rings. The van der Waals surface area contributed by atoms with E-state index in [1.54, 1.807) is 12.1 Å². The van der Waals surface area contributed by atoms with Crippen molar-refractivity contribution < 1.29 is 24.0 Å². The van der Waals surface area contributed by atoms with Crippen LogP contribution in [0.3, 0.4) is 0 Å². The van der Waals surface area contributed by atoms with E-state index in [1.807, 2.05) is 0 Å². The molecule has 4 amide bonds. The second kappa shape index (κ2) is 10.0. The Bertz CT molecular complexity index is 738. The summed E-state index contributed by atoms with van der Waals surface area (Å²) in [5, 5.41) is 6.36. The molecule has 1 aliphatic carbocycles. The third-order valence-corrected chi connectivity index (χ3v) is 5.23. The number of benzene rings is 1. The highest BCUT2D eigenvalue weighted by Gasteiger charge is 2.38. The maximum atomic E-state index is 12.1. The van der Waals surface area contributed by atoms with Gasteiger partial charge in [0.25, 0.3) is 11.8 Å². The van der Waals surface area contributed by atoms with Gasteiger partial charge in [0.1, 0.15) is 0 Å². The van der Waals surface area contributed by atoms with E-state index in [2.05, 4.69) is 10.6 Å². The number of nitrogens with one attached hydrogen (secondary N) is 2. The van der Waals surface area contributed by atoms with Gasteiger partial charge in [-0.2, -0.15) is 0 Å². The number of carbonyl (C=O) groups excluding carboxylic acids is 4. The predicted molar refractivity (Wildman–Crippen MR) is 105 cm³/mol. The van der Waals surface area contributed by atoms with Gasteiger partial charge in [0.05, 0.1) is 11.1 Å². The van der Waals surface area contributed by atoms with Crippen LogP contribution in [0.4, 0.5) is 4.79 Å². The summed E-state index contributed by atoms with van der Waals surface area (Å²) < 4.78 is 0. The van der Waals surface area contributed by atoms with E-state index in [0.717, 1.165) is 25.7 Å². The van der Waals surface area contributed by atoms with Gasteiger partial charge in [0.2, 0.25) is 0 Å².